The summed E-state index contributed by atoms with van der Waals surface area (Å²) < 4.78 is 6.04. The third kappa shape index (κ3) is 4.87. The molecule has 1 aromatic rings. The molecule has 0 bridgehead atoms. The minimum Gasteiger partial charge on any atom is -0.490 e. The molecule has 0 aliphatic heterocycles. The number of nitrogens with one attached hydrogen (secondary N) is 1. The Kier molecular flexibility index (Phi) is 7.13. The predicted molar refractivity (Wildman–Crippen MR) is 86.8 cm³/mol. The average Bonchev–Trinajstić information content (AvgIpc) is 2.45. The number of hydrogen-bond donors (Lipinski definition) is 2. The highest BCUT2D eigenvalue weighted by atomic mass is 16.5. The summed E-state index contributed by atoms with van der Waals surface area (Å²) in [6, 6.07) is 5.54. The van der Waals surface area contributed by atoms with Crippen LogP contribution in [0.5, 0.6) is 5.75 Å². The summed E-state index contributed by atoms with van der Waals surface area (Å²) in [6.45, 7) is 6.59. The Labute approximate surface area is 123 Å². The molecule has 0 aliphatic rings. The number of nitrogens with two attached hydrogens (primary N) is 1. The maximum atomic E-state index is 7.34. The monoisotopic (exact) mass is 276 g/mol. The Morgan fingerprint density at radius 3 is 2.65 bits per heavy atom. The van der Waals surface area contributed by atoms with Crippen molar-refractivity contribution >= 4 is 11.9 Å². The lowest BCUT2D eigenvalue weighted by Crippen LogP contribution is -2.23. The molecule has 3 N–H and O–H groups in total. The molecule has 0 amide bonds. The van der Waals surface area contributed by atoms with Gasteiger partial charge in [-0.1, -0.05) is 33.1 Å². The van der Waals surface area contributed by atoms with Crippen LogP contribution in [-0.2, 0) is 0 Å². The molecule has 20 heavy (non-hydrogen) atoms. The summed E-state index contributed by atoms with van der Waals surface area (Å²) in [6.07, 6.45) is 7.64. The summed E-state index contributed by atoms with van der Waals surface area (Å²) >= 11 is 0. The van der Waals surface area contributed by atoms with Gasteiger partial charge in [0.2, 0.25) is 0 Å². The summed E-state index contributed by atoms with van der Waals surface area (Å²) in [5.74, 6) is 1.39. The Morgan fingerprint density at radius 1 is 1.30 bits per heavy atom. The van der Waals surface area contributed by atoms with Crippen LogP contribution in [0.4, 0.5) is 5.69 Å². The third-order valence-electron chi connectivity index (χ3n) is 3.90. The van der Waals surface area contributed by atoms with Crippen molar-refractivity contribution in [2.75, 3.05) is 5.73 Å². The fourth-order valence-corrected chi connectivity index (χ4v) is 2.49. The highest BCUT2D eigenvalue weighted by Crippen LogP contribution is 2.24. The molecule has 0 spiro atoms. The Hall–Kier alpha value is -1.51. The first-order valence-corrected chi connectivity index (χ1v) is 7.69. The van der Waals surface area contributed by atoms with Crippen molar-refractivity contribution in [3.63, 3.8) is 0 Å². The molecule has 0 saturated carbocycles. The van der Waals surface area contributed by atoms with Crippen molar-refractivity contribution in [2.24, 2.45) is 5.92 Å². The molecule has 0 unspecified atom stereocenters. The van der Waals surface area contributed by atoms with Crippen molar-refractivity contribution < 1.29 is 4.74 Å². The number of unbranched alkanes of at least 4 members (excludes halogenated alkanes) is 2. The molecule has 0 saturated heterocycles. The van der Waals surface area contributed by atoms with Crippen LogP contribution in [0.15, 0.2) is 18.2 Å². The molecule has 112 valence electrons. The van der Waals surface area contributed by atoms with Crippen LogP contribution in [0.25, 0.3) is 0 Å². The maximum Gasteiger partial charge on any atom is 0.120 e. The van der Waals surface area contributed by atoms with Gasteiger partial charge in [0, 0.05) is 17.5 Å². The van der Waals surface area contributed by atoms with Gasteiger partial charge in [0.1, 0.15) is 5.75 Å². The van der Waals surface area contributed by atoms with Gasteiger partial charge >= 0.3 is 0 Å². The summed E-state index contributed by atoms with van der Waals surface area (Å²) in [7, 11) is 0. The van der Waals surface area contributed by atoms with E-state index in [-0.39, 0.29) is 6.10 Å². The average molecular weight is 276 g/mol. The standard InChI is InChI=1S/C17H28N2O/c1-4-6-7-8-14(5-2)13(3)20-16-9-10-17(19)15(11-16)12-18/h9-14,18H,4-8,19H2,1-3H3/t13-,14-/m0/s1. The molecule has 3 nitrogen and oxygen atoms in total. The van der Waals surface area contributed by atoms with Gasteiger partial charge in [-0.2, -0.15) is 0 Å². The van der Waals surface area contributed by atoms with Gasteiger partial charge in [0.05, 0.1) is 6.10 Å². The number of nitrogen functional groups attached to an aromatic ring is 1. The van der Waals surface area contributed by atoms with Crippen LogP contribution in [0.3, 0.4) is 0 Å². The minimum atomic E-state index is 0.194. The van der Waals surface area contributed by atoms with E-state index in [0.717, 1.165) is 12.2 Å². The van der Waals surface area contributed by atoms with Gasteiger partial charge in [-0.3, -0.25) is 0 Å². The number of hydrogen-bond acceptors (Lipinski definition) is 3. The highest BCUT2D eigenvalue weighted by Gasteiger charge is 2.17. The normalized spacial score (nSPS) is 13.8. The molecule has 1 rings (SSSR count). The minimum absolute atomic E-state index is 0.194. The first-order chi connectivity index (χ1) is 9.62. The summed E-state index contributed by atoms with van der Waals surface area (Å²) in [5.41, 5.74) is 7.13. The second-order valence-corrected chi connectivity index (χ2v) is 5.42. The van der Waals surface area contributed by atoms with Gasteiger partial charge < -0.3 is 15.9 Å². The molecular weight excluding hydrogens is 248 g/mol. The van der Waals surface area contributed by atoms with Gasteiger partial charge in [-0.25, -0.2) is 0 Å². The molecule has 0 aliphatic carbocycles. The van der Waals surface area contributed by atoms with Gasteiger partial charge in [-0.05, 0) is 43.9 Å². The largest absolute Gasteiger partial charge is 0.490 e. The lowest BCUT2D eigenvalue weighted by atomic mass is 9.94. The maximum absolute atomic E-state index is 7.34. The van der Waals surface area contributed by atoms with Crippen LogP contribution >= 0.6 is 0 Å². The lowest BCUT2D eigenvalue weighted by molar-refractivity contribution is 0.139. The SMILES string of the molecule is CCCCC[C@H](CC)[C@H](C)Oc1ccc(N)c(C=N)c1. The molecule has 0 aromatic heterocycles. The second-order valence-electron chi connectivity index (χ2n) is 5.42. The summed E-state index contributed by atoms with van der Waals surface area (Å²) in [4.78, 5) is 0. The Balaban J connectivity index is 2.63. The van der Waals surface area contributed by atoms with Crippen molar-refractivity contribution in [2.45, 2.75) is 59.0 Å². The quantitative estimate of drug-likeness (QED) is 0.392. The molecule has 0 heterocycles. The summed E-state index contributed by atoms with van der Waals surface area (Å²) in [5, 5.41) is 7.34. The van der Waals surface area contributed by atoms with Crippen LogP contribution < -0.4 is 10.5 Å². The second kappa shape index (κ2) is 8.62. The molecule has 0 fully saturated rings. The van der Waals surface area contributed by atoms with Crippen molar-refractivity contribution in [1.29, 1.82) is 5.41 Å². The van der Waals surface area contributed by atoms with E-state index in [4.69, 9.17) is 15.9 Å². The van der Waals surface area contributed by atoms with E-state index in [1.54, 1.807) is 6.07 Å². The van der Waals surface area contributed by atoms with Crippen molar-refractivity contribution in [1.82, 2.24) is 0 Å². The Bertz CT molecular complexity index is 417. The number of rotatable bonds is 9. The smallest absolute Gasteiger partial charge is 0.120 e. The number of anilines is 1. The predicted octanol–water partition coefficient (Wildman–Crippen LogP) is 4.64. The zero-order valence-corrected chi connectivity index (χ0v) is 13.0. The first-order valence-electron chi connectivity index (χ1n) is 7.69. The van der Waals surface area contributed by atoms with Gasteiger partial charge in [0.25, 0.3) is 0 Å². The number of benzene rings is 1. The topological polar surface area (TPSA) is 59.1 Å². The van der Waals surface area contributed by atoms with Crippen LogP contribution in [0.1, 0.15) is 58.4 Å². The number of ether oxygens (including phenoxy) is 1. The van der Waals surface area contributed by atoms with Crippen molar-refractivity contribution in [3.8, 4) is 5.75 Å². The van der Waals surface area contributed by atoms with E-state index in [0.29, 0.717) is 17.2 Å². The van der Waals surface area contributed by atoms with E-state index in [1.807, 2.05) is 12.1 Å². The molecule has 2 atom stereocenters. The van der Waals surface area contributed by atoms with Crippen molar-refractivity contribution in [3.05, 3.63) is 23.8 Å². The molecule has 1 aromatic carbocycles. The molecule has 3 heteroatoms. The van der Waals surface area contributed by atoms with E-state index in [9.17, 15) is 0 Å². The fraction of sp³-hybridized carbons (Fsp3) is 0.588. The zero-order valence-electron chi connectivity index (χ0n) is 13.0. The highest BCUT2D eigenvalue weighted by molar-refractivity contribution is 5.85. The van der Waals surface area contributed by atoms with Crippen LogP contribution in [-0.4, -0.2) is 12.3 Å². The molecular formula is C17H28N2O. The first kappa shape index (κ1) is 16.5. The molecule has 0 radical (unpaired) electrons. The van der Waals surface area contributed by atoms with Gasteiger partial charge in [-0.15, -0.1) is 0 Å². The third-order valence-corrected chi connectivity index (χ3v) is 3.90. The van der Waals surface area contributed by atoms with Crippen LogP contribution in [0, 0.1) is 11.3 Å². The zero-order chi connectivity index (χ0) is 15.0. The van der Waals surface area contributed by atoms with E-state index < -0.39 is 0 Å². The van der Waals surface area contributed by atoms with E-state index in [2.05, 4.69) is 20.8 Å². The lowest BCUT2D eigenvalue weighted by Gasteiger charge is -2.24. The van der Waals surface area contributed by atoms with Gasteiger partial charge in [0.15, 0.2) is 0 Å². The van der Waals surface area contributed by atoms with Crippen LogP contribution in [0.2, 0.25) is 0 Å². The van der Waals surface area contributed by atoms with E-state index >= 15 is 0 Å². The fourth-order valence-electron chi connectivity index (χ4n) is 2.49. The Morgan fingerprint density at radius 2 is 2.05 bits per heavy atom. The van der Waals surface area contributed by atoms with E-state index in [1.165, 1.54) is 31.9 Å².